The van der Waals surface area contributed by atoms with E-state index >= 15 is 0 Å². The van der Waals surface area contributed by atoms with Gasteiger partial charge in [0.2, 0.25) is 11.9 Å². The van der Waals surface area contributed by atoms with Crippen LogP contribution in [0.3, 0.4) is 0 Å². The molecule has 0 unspecified atom stereocenters. The van der Waals surface area contributed by atoms with E-state index in [2.05, 4.69) is 48.1 Å². The molecular weight excluding hydrogens is 555 g/mol. The molecule has 0 spiro atoms. The number of aromatic nitrogens is 3. The summed E-state index contributed by atoms with van der Waals surface area (Å²) in [4.78, 5) is 35.6. The van der Waals surface area contributed by atoms with Crippen LogP contribution in [0.15, 0.2) is 35.3 Å². The number of nitrogens with one attached hydrogen (secondary N) is 2. The van der Waals surface area contributed by atoms with Gasteiger partial charge < -0.3 is 20.1 Å². The van der Waals surface area contributed by atoms with Crippen LogP contribution in [0, 0.1) is 0 Å². The van der Waals surface area contributed by atoms with E-state index in [1.54, 1.807) is 24.9 Å². The Morgan fingerprint density at radius 1 is 1.27 bits per heavy atom. The van der Waals surface area contributed by atoms with Crippen molar-refractivity contribution in [3.8, 4) is 0 Å². The molecule has 0 bridgehead atoms. The van der Waals surface area contributed by atoms with Crippen LogP contribution in [0.2, 0.25) is 5.02 Å². The molecule has 2 N–H and O–H groups in total. The normalized spacial score (nSPS) is 14.5. The number of alkyl halides is 1. The Morgan fingerprint density at radius 2 is 2.03 bits per heavy atom. The van der Waals surface area contributed by atoms with Crippen molar-refractivity contribution in [2.75, 3.05) is 30.4 Å². The summed E-state index contributed by atoms with van der Waals surface area (Å²) < 4.78 is 2.31. The lowest BCUT2D eigenvalue weighted by Gasteiger charge is -2.29. The first-order valence-corrected chi connectivity index (χ1v) is 12.5. The molecule has 0 aliphatic carbocycles. The molecule has 0 radical (unpaired) electrons. The zero-order valence-corrected chi connectivity index (χ0v) is 21.5. The van der Waals surface area contributed by atoms with Crippen molar-refractivity contribution in [2.45, 2.75) is 29.6 Å². The van der Waals surface area contributed by atoms with Crippen LogP contribution in [-0.2, 0) is 18.3 Å². The topological polar surface area (TPSA) is 92.2 Å². The molecule has 0 saturated carbocycles. The molecule has 0 atom stereocenters. The Labute approximate surface area is 210 Å². The molecule has 1 aromatic carbocycles. The first kappa shape index (κ1) is 23.7. The van der Waals surface area contributed by atoms with Crippen LogP contribution in [0.1, 0.15) is 24.8 Å². The van der Waals surface area contributed by atoms with Crippen LogP contribution >= 0.6 is 34.2 Å². The average molecular weight is 581 g/mol. The summed E-state index contributed by atoms with van der Waals surface area (Å²) in [6.45, 7) is 1.86. The Bertz CT molecular complexity index is 1240. The minimum absolute atomic E-state index is 0.0918. The van der Waals surface area contributed by atoms with Crippen molar-refractivity contribution in [1.82, 2.24) is 19.9 Å². The number of anilines is 3. The molecule has 33 heavy (non-hydrogen) atoms. The van der Waals surface area contributed by atoms with E-state index in [0.717, 1.165) is 42.5 Å². The number of hydrogen-bond donors (Lipinski definition) is 2. The number of amides is 1. The lowest BCUT2D eigenvalue weighted by Crippen LogP contribution is -2.35. The highest BCUT2D eigenvalue weighted by Gasteiger charge is 2.20. The molecular formula is C23H26ClIN6O2. The molecule has 4 rings (SSSR count). The molecule has 8 nitrogen and oxygen atoms in total. The Kier molecular flexibility index (Phi) is 7.38. The van der Waals surface area contributed by atoms with Gasteiger partial charge in [0.25, 0.3) is 5.56 Å². The van der Waals surface area contributed by atoms with E-state index in [9.17, 15) is 9.59 Å². The Morgan fingerprint density at radius 3 is 2.76 bits per heavy atom. The molecule has 1 amide bonds. The van der Waals surface area contributed by atoms with Gasteiger partial charge in [0.05, 0.1) is 11.7 Å². The fourth-order valence-corrected chi connectivity index (χ4v) is 4.66. The fraction of sp³-hybridized carbons (Fsp3) is 0.391. The summed E-state index contributed by atoms with van der Waals surface area (Å²) in [7, 11) is 3.33. The molecule has 1 saturated heterocycles. The van der Waals surface area contributed by atoms with Gasteiger partial charge in [-0.3, -0.25) is 9.59 Å². The molecule has 3 heterocycles. The second kappa shape index (κ2) is 10.3. The Balaban J connectivity index is 1.61. The van der Waals surface area contributed by atoms with Gasteiger partial charge in [-0.25, -0.2) is 4.98 Å². The minimum Gasteiger partial charge on any atom is -0.359 e. The summed E-state index contributed by atoms with van der Waals surface area (Å²) >= 11 is 8.89. The first-order valence-electron chi connectivity index (χ1n) is 10.9. The lowest BCUT2D eigenvalue weighted by molar-refractivity contribution is -0.120. The van der Waals surface area contributed by atoms with E-state index in [-0.39, 0.29) is 17.9 Å². The first-order chi connectivity index (χ1) is 15.9. The van der Waals surface area contributed by atoms with E-state index in [1.807, 2.05) is 24.3 Å². The number of halogens is 2. The predicted octanol–water partition coefficient (Wildman–Crippen LogP) is 3.81. The number of piperidine rings is 1. The highest BCUT2D eigenvalue weighted by molar-refractivity contribution is 14.1. The SMILES string of the molecule is CNC(=O)CCc1cc2cc(Nc3nc(N4CCC(I)CC4)ncc3Cl)ccc2n(C)c1=O. The summed E-state index contributed by atoms with van der Waals surface area (Å²) in [6.07, 6.45) is 4.50. The van der Waals surface area contributed by atoms with Crippen LogP contribution in [0.25, 0.3) is 10.9 Å². The van der Waals surface area contributed by atoms with Gasteiger partial charge in [-0.05, 0) is 43.5 Å². The predicted molar refractivity (Wildman–Crippen MR) is 141 cm³/mol. The van der Waals surface area contributed by atoms with Crippen LogP contribution in [-0.4, -0.2) is 44.5 Å². The number of aryl methyl sites for hydroxylation is 2. The standard InChI is InChI=1S/C23H26ClIN6O2/c1-26-20(32)6-3-14-11-15-12-17(4-5-19(15)30(2)22(14)33)28-21-18(24)13-27-23(29-21)31-9-7-16(25)8-10-31/h4-5,11-13,16H,3,6-10H2,1-2H3,(H,26,32)(H,27,28,29). The summed E-state index contributed by atoms with van der Waals surface area (Å²) in [5.41, 5.74) is 2.12. The smallest absolute Gasteiger partial charge is 0.253 e. The number of rotatable bonds is 6. The molecule has 1 aliphatic heterocycles. The number of fused-ring (bicyclic) bond motifs is 1. The third kappa shape index (κ3) is 5.40. The second-order valence-corrected chi connectivity index (χ2v) is 10.3. The van der Waals surface area contributed by atoms with E-state index in [1.165, 1.54) is 0 Å². The second-order valence-electron chi connectivity index (χ2n) is 8.13. The minimum atomic E-state index is -0.0931. The number of hydrogen-bond acceptors (Lipinski definition) is 6. The van der Waals surface area contributed by atoms with E-state index < -0.39 is 0 Å². The molecule has 1 fully saturated rings. The third-order valence-electron chi connectivity index (χ3n) is 5.90. The van der Waals surface area contributed by atoms with E-state index in [4.69, 9.17) is 11.6 Å². The van der Waals surface area contributed by atoms with Gasteiger partial charge in [-0.1, -0.05) is 34.2 Å². The van der Waals surface area contributed by atoms with Gasteiger partial charge in [0, 0.05) is 54.2 Å². The largest absolute Gasteiger partial charge is 0.359 e. The molecule has 174 valence electrons. The number of pyridine rings is 1. The highest BCUT2D eigenvalue weighted by Crippen LogP contribution is 2.28. The van der Waals surface area contributed by atoms with Crippen molar-refractivity contribution < 1.29 is 4.79 Å². The quantitative estimate of drug-likeness (QED) is 0.340. The van der Waals surface area contributed by atoms with Crippen molar-refractivity contribution >= 4 is 68.5 Å². The average Bonchev–Trinajstić information content (AvgIpc) is 2.82. The zero-order valence-electron chi connectivity index (χ0n) is 18.6. The Hall–Kier alpha value is -2.40. The monoisotopic (exact) mass is 580 g/mol. The summed E-state index contributed by atoms with van der Waals surface area (Å²) in [5.74, 6) is 1.12. The third-order valence-corrected chi connectivity index (χ3v) is 7.42. The van der Waals surface area contributed by atoms with Gasteiger partial charge in [0.15, 0.2) is 5.82 Å². The maximum Gasteiger partial charge on any atom is 0.253 e. The molecule has 2 aromatic heterocycles. The maximum absolute atomic E-state index is 12.7. The highest BCUT2D eigenvalue weighted by atomic mass is 127. The maximum atomic E-state index is 12.7. The van der Waals surface area contributed by atoms with Crippen molar-refractivity contribution in [1.29, 1.82) is 0 Å². The van der Waals surface area contributed by atoms with Crippen LogP contribution in [0.5, 0.6) is 0 Å². The number of nitrogens with zero attached hydrogens (tertiary/aromatic N) is 4. The van der Waals surface area contributed by atoms with Gasteiger partial charge >= 0.3 is 0 Å². The molecule has 10 heteroatoms. The van der Waals surface area contributed by atoms with Crippen LogP contribution in [0.4, 0.5) is 17.5 Å². The number of carbonyl (C=O) groups excluding carboxylic acids is 1. The zero-order chi connectivity index (χ0) is 23.5. The van der Waals surface area contributed by atoms with Gasteiger partial charge in [0.1, 0.15) is 5.02 Å². The molecule has 3 aromatic rings. The lowest BCUT2D eigenvalue weighted by atomic mass is 10.1. The number of benzene rings is 1. The summed E-state index contributed by atoms with van der Waals surface area (Å²) in [6, 6.07) is 7.60. The fourth-order valence-electron chi connectivity index (χ4n) is 3.96. The number of carbonyl (C=O) groups is 1. The van der Waals surface area contributed by atoms with E-state index in [0.29, 0.717) is 32.7 Å². The summed E-state index contributed by atoms with van der Waals surface area (Å²) in [5, 5.41) is 7.23. The van der Waals surface area contributed by atoms with Crippen molar-refractivity contribution in [3.05, 3.63) is 51.4 Å². The molecule has 1 aliphatic rings. The van der Waals surface area contributed by atoms with Gasteiger partial charge in [-0.2, -0.15) is 4.98 Å². The van der Waals surface area contributed by atoms with Crippen molar-refractivity contribution in [2.24, 2.45) is 7.05 Å². The van der Waals surface area contributed by atoms with Gasteiger partial charge in [-0.15, -0.1) is 0 Å². The van der Waals surface area contributed by atoms with Crippen LogP contribution < -0.4 is 21.1 Å². The van der Waals surface area contributed by atoms with Crippen molar-refractivity contribution in [3.63, 3.8) is 0 Å².